The average Bonchev–Trinajstić information content (AvgIpc) is 2.76. The van der Waals surface area contributed by atoms with E-state index >= 15 is 0 Å². The highest BCUT2D eigenvalue weighted by Gasteiger charge is 2.12. The molecule has 0 aliphatic rings. The molecular weight excluding hydrogens is 252 g/mol. The van der Waals surface area contributed by atoms with Crippen LogP contribution in [0.15, 0.2) is 62.7 Å². The highest BCUT2D eigenvalue weighted by Crippen LogP contribution is 2.38. The van der Waals surface area contributed by atoms with Crippen LogP contribution in [0.25, 0.3) is 11.0 Å². The zero-order valence-electron chi connectivity index (χ0n) is 11.1. The number of rotatable bonds is 3. The Bertz CT molecular complexity index is 698. The van der Waals surface area contributed by atoms with Crippen LogP contribution >= 0.6 is 11.8 Å². The zero-order valence-corrected chi connectivity index (χ0v) is 12.0. The Morgan fingerprint density at radius 3 is 2.58 bits per heavy atom. The van der Waals surface area contributed by atoms with Crippen molar-refractivity contribution in [3.05, 3.63) is 59.9 Å². The van der Waals surface area contributed by atoms with E-state index in [-0.39, 0.29) is 0 Å². The molecule has 0 saturated carbocycles. The fourth-order valence-electron chi connectivity index (χ4n) is 2.20. The minimum Gasteiger partial charge on any atom is -0.460 e. The van der Waals surface area contributed by atoms with Gasteiger partial charge in [-0.3, -0.25) is 0 Å². The fraction of sp³-hybridized carbons (Fsp3) is 0.176. The molecule has 0 amide bonds. The lowest BCUT2D eigenvalue weighted by Crippen LogP contribution is -1.79. The SMILES string of the molecule is CCc1ccc2oc(C)c(Sc3ccccc3)c2c1. The smallest absolute Gasteiger partial charge is 0.135 e. The predicted octanol–water partition coefficient (Wildman–Crippen LogP) is 5.45. The summed E-state index contributed by atoms with van der Waals surface area (Å²) >= 11 is 1.78. The van der Waals surface area contributed by atoms with Gasteiger partial charge in [-0.1, -0.05) is 43.0 Å². The predicted molar refractivity (Wildman–Crippen MR) is 80.9 cm³/mol. The molecule has 1 nitrogen and oxygen atoms in total. The third-order valence-electron chi connectivity index (χ3n) is 3.24. The second kappa shape index (κ2) is 5.14. The summed E-state index contributed by atoms with van der Waals surface area (Å²) in [5.74, 6) is 0.997. The lowest BCUT2D eigenvalue weighted by Gasteiger charge is -2.01. The maximum atomic E-state index is 5.85. The lowest BCUT2D eigenvalue weighted by atomic mass is 10.1. The number of furan rings is 1. The summed E-state index contributed by atoms with van der Waals surface area (Å²) in [7, 11) is 0. The largest absolute Gasteiger partial charge is 0.460 e. The molecule has 0 saturated heterocycles. The quantitative estimate of drug-likeness (QED) is 0.626. The molecule has 0 atom stereocenters. The maximum absolute atomic E-state index is 5.85. The van der Waals surface area contributed by atoms with Crippen LogP contribution in [-0.2, 0) is 6.42 Å². The molecule has 0 bridgehead atoms. The van der Waals surface area contributed by atoms with E-state index < -0.39 is 0 Å². The highest BCUT2D eigenvalue weighted by atomic mass is 32.2. The van der Waals surface area contributed by atoms with Crippen molar-refractivity contribution in [2.45, 2.75) is 30.1 Å². The van der Waals surface area contributed by atoms with E-state index in [0.717, 1.165) is 17.8 Å². The first-order chi connectivity index (χ1) is 9.28. The molecule has 2 heteroatoms. The third-order valence-corrected chi connectivity index (χ3v) is 4.46. The van der Waals surface area contributed by atoms with Gasteiger partial charge < -0.3 is 4.42 Å². The third kappa shape index (κ3) is 2.41. The summed E-state index contributed by atoms with van der Waals surface area (Å²) in [5, 5.41) is 1.23. The van der Waals surface area contributed by atoms with Gasteiger partial charge in [-0.15, -0.1) is 0 Å². The van der Waals surface area contributed by atoms with Gasteiger partial charge in [0.15, 0.2) is 0 Å². The van der Waals surface area contributed by atoms with Crippen molar-refractivity contribution in [2.75, 3.05) is 0 Å². The summed E-state index contributed by atoms with van der Waals surface area (Å²) in [4.78, 5) is 2.48. The van der Waals surface area contributed by atoms with Crippen LogP contribution in [0.3, 0.4) is 0 Å². The molecule has 0 aliphatic heterocycles. The van der Waals surface area contributed by atoms with Crippen LogP contribution in [0.1, 0.15) is 18.2 Å². The van der Waals surface area contributed by atoms with E-state index in [4.69, 9.17) is 4.42 Å². The summed E-state index contributed by atoms with van der Waals surface area (Å²) in [6.07, 6.45) is 1.05. The first-order valence-corrected chi connectivity index (χ1v) is 7.34. The maximum Gasteiger partial charge on any atom is 0.135 e. The molecule has 0 unspecified atom stereocenters. The number of fused-ring (bicyclic) bond motifs is 1. The van der Waals surface area contributed by atoms with Gasteiger partial charge in [-0.05, 0) is 43.2 Å². The number of hydrogen-bond acceptors (Lipinski definition) is 2. The van der Waals surface area contributed by atoms with E-state index in [1.165, 1.54) is 20.7 Å². The molecule has 0 aliphatic carbocycles. The number of hydrogen-bond donors (Lipinski definition) is 0. The second-order valence-corrected chi connectivity index (χ2v) is 5.67. The van der Waals surface area contributed by atoms with Crippen LogP contribution in [0.4, 0.5) is 0 Å². The Hall–Kier alpha value is -1.67. The van der Waals surface area contributed by atoms with E-state index in [2.05, 4.69) is 49.4 Å². The summed E-state index contributed by atoms with van der Waals surface area (Å²) < 4.78 is 5.85. The first kappa shape index (κ1) is 12.4. The topological polar surface area (TPSA) is 13.1 Å². The molecule has 0 fully saturated rings. The molecule has 2 aromatic carbocycles. The molecule has 0 spiro atoms. The summed E-state index contributed by atoms with van der Waals surface area (Å²) in [5.41, 5.74) is 2.33. The molecule has 3 aromatic rings. The summed E-state index contributed by atoms with van der Waals surface area (Å²) in [6.45, 7) is 4.22. The van der Waals surface area contributed by atoms with Crippen molar-refractivity contribution >= 4 is 22.7 Å². The van der Waals surface area contributed by atoms with Gasteiger partial charge >= 0.3 is 0 Å². The molecular formula is C17H16OS. The lowest BCUT2D eigenvalue weighted by molar-refractivity contribution is 0.568. The number of aryl methyl sites for hydroxylation is 2. The van der Waals surface area contributed by atoms with Gasteiger partial charge in [-0.2, -0.15) is 0 Å². The Balaban J connectivity index is 2.09. The van der Waals surface area contributed by atoms with Crippen molar-refractivity contribution in [3.63, 3.8) is 0 Å². The van der Waals surface area contributed by atoms with E-state index in [1.807, 2.05) is 13.0 Å². The van der Waals surface area contributed by atoms with Crippen molar-refractivity contribution in [2.24, 2.45) is 0 Å². The monoisotopic (exact) mass is 268 g/mol. The number of benzene rings is 2. The van der Waals surface area contributed by atoms with Gasteiger partial charge in [-0.25, -0.2) is 0 Å². The Morgan fingerprint density at radius 2 is 1.84 bits per heavy atom. The van der Waals surface area contributed by atoms with Gasteiger partial charge in [0.05, 0.1) is 4.90 Å². The molecule has 0 N–H and O–H groups in total. The fourth-order valence-corrected chi connectivity index (χ4v) is 3.18. The Labute approximate surface area is 117 Å². The van der Waals surface area contributed by atoms with E-state index in [1.54, 1.807) is 11.8 Å². The Kier molecular flexibility index (Phi) is 3.34. The van der Waals surface area contributed by atoms with Gasteiger partial charge in [0, 0.05) is 10.3 Å². The van der Waals surface area contributed by atoms with Crippen LogP contribution in [0.5, 0.6) is 0 Å². The summed E-state index contributed by atoms with van der Waals surface area (Å²) in [6, 6.07) is 16.9. The van der Waals surface area contributed by atoms with Crippen molar-refractivity contribution < 1.29 is 4.42 Å². The van der Waals surface area contributed by atoms with Crippen molar-refractivity contribution in [1.82, 2.24) is 0 Å². The molecule has 1 aromatic heterocycles. The van der Waals surface area contributed by atoms with Crippen molar-refractivity contribution in [1.29, 1.82) is 0 Å². The van der Waals surface area contributed by atoms with Crippen molar-refractivity contribution in [3.8, 4) is 0 Å². The standard InChI is InChI=1S/C17H16OS/c1-3-13-9-10-16-15(11-13)17(12(2)18-16)19-14-7-5-4-6-8-14/h4-11H,3H2,1-2H3. The van der Waals surface area contributed by atoms with Gasteiger partial charge in [0.25, 0.3) is 0 Å². The van der Waals surface area contributed by atoms with Crippen LogP contribution in [-0.4, -0.2) is 0 Å². The molecule has 3 rings (SSSR count). The zero-order chi connectivity index (χ0) is 13.2. The van der Waals surface area contributed by atoms with E-state index in [9.17, 15) is 0 Å². The molecule has 1 heterocycles. The molecule has 96 valence electrons. The minimum atomic E-state index is 0.980. The minimum absolute atomic E-state index is 0.980. The second-order valence-electron chi connectivity index (χ2n) is 4.59. The van der Waals surface area contributed by atoms with Gasteiger partial charge in [0.2, 0.25) is 0 Å². The molecule has 19 heavy (non-hydrogen) atoms. The molecule has 0 radical (unpaired) electrons. The van der Waals surface area contributed by atoms with Crippen LogP contribution in [0.2, 0.25) is 0 Å². The average molecular weight is 268 g/mol. The Morgan fingerprint density at radius 1 is 1.05 bits per heavy atom. The van der Waals surface area contributed by atoms with Gasteiger partial charge in [0.1, 0.15) is 11.3 Å². The van der Waals surface area contributed by atoms with E-state index in [0.29, 0.717) is 0 Å². The van der Waals surface area contributed by atoms with Crippen LogP contribution in [0, 0.1) is 6.92 Å². The highest BCUT2D eigenvalue weighted by molar-refractivity contribution is 7.99. The van der Waals surface area contributed by atoms with Crippen LogP contribution < -0.4 is 0 Å². The first-order valence-electron chi connectivity index (χ1n) is 6.53. The normalized spacial score (nSPS) is 11.1.